The molecule has 0 spiro atoms. The van der Waals surface area contributed by atoms with E-state index in [0.29, 0.717) is 18.1 Å². The Morgan fingerprint density at radius 3 is 2.62 bits per heavy atom. The Balaban J connectivity index is 1.97. The van der Waals surface area contributed by atoms with E-state index in [1.165, 1.54) is 0 Å². The van der Waals surface area contributed by atoms with Crippen molar-refractivity contribution < 1.29 is 13.5 Å². The quantitative estimate of drug-likeness (QED) is 0.310. The Hall–Kier alpha value is -1.64. The van der Waals surface area contributed by atoms with Crippen LogP contribution in [0.3, 0.4) is 0 Å². The van der Waals surface area contributed by atoms with E-state index in [0.717, 1.165) is 63.4 Å². The first-order valence-electron chi connectivity index (χ1n) is 10.1. The fraction of sp³-hybridized carbons (Fsp3) is 0.565. The second kappa shape index (κ2) is 11.2. The molecular weight excluding hydrogens is 330 g/mol. The van der Waals surface area contributed by atoms with Crippen LogP contribution >= 0.6 is 0 Å². The van der Waals surface area contributed by atoms with Crippen LogP contribution < -0.4 is 4.74 Å². The van der Waals surface area contributed by atoms with Crippen LogP contribution in [-0.2, 0) is 0 Å². The maximum atomic E-state index is 14.5. The molecule has 1 aromatic carbocycles. The topological polar surface area (TPSA) is 9.23 Å². The van der Waals surface area contributed by atoms with E-state index in [4.69, 9.17) is 4.74 Å². The molecule has 0 saturated heterocycles. The van der Waals surface area contributed by atoms with Crippen molar-refractivity contribution in [3.05, 3.63) is 47.6 Å². The first-order valence-corrected chi connectivity index (χ1v) is 10.1. The van der Waals surface area contributed by atoms with Crippen LogP contribution in [0, 0.1) is 17.6 Å². The van der Waals surface area contributed by atoms with E-state index in [-0.39, 0.29) is 5.75 Å². The molecule has 1 atom stereocenters. The average Bonchev–Trinajstić information content (AvgIpc) is 2.66. The predicted molar refractivity (Wildman–Crippen MR) is 105 cm³/mol. The zero-order chi connectivity index (χ0) is 18.8. The number of hydrogen-bond donors (Lipinski definition) is 0. The maximum absolute atomic E-state index is 14.5. The minimum Gasteiger partial charge on any atom is -0.490 e. The average molecular weight is 363 g/mol. The van der Waals surface area contributed by atoms with Gasteiger partial charge < -0.3 is 4.74 Å². The molecule has 1 unspecified atom stereocenters. The molecule has 0 saturated carbocycles. The lowest BCUT2D eigenvalue weighted by Gasteiger charge is -2.20. The molecule has 0 aliphatic heterocycles. The van der Waals surface area contributed by atoms with Crippen molar-refractivity contribution in [1.29, 1.82) is 0 Å². The van der Waals surface area contributed by atoms with Gasteiger partial charge in [0.25, 0.3) is 0 Å². The number of hydrogen-bond acceptors (Lipinski definition) is 1. The summed E-state index contributed by atoms with van der Waals surface area (Å²) in [6.07, 6.45) is 15.7. The number of benzene rings is 1. The highest BCUT2D eigenvalue weighted by molar-refractivity contribution is 5.67. The maximum Gasteiger partial charge on any atom is 0.201 e. The van der Waals surface area contributed by atoms with Gasteiger partial charge in [0.1, 0.15) is 0 Å². The highest BCUT2D eigenvalue weighted by Gasteiger charge is 2.20. The SMILES string of the molecule is CCCC=CC1CC=C(c2ccc(OCCCCCC)c(F)c2F)CC1. The van der Waals surface area contributed by atoms with Crippen molar-refractivity contribution in [3.8, 4) is 5.75 Å². The molecule has 2 rings (SSSR count). The number of allylic oxidation sites excluding steroid dienone is 4. The molecule has 0 aromatic heterocycles. The monoisotopic (exact) mass is 362 g/mol. The third-order valence-corrected chi connectivity index (χ3v) is 4.96. The molecule has 144 valence electrons. The molecule has 1 aromatic rings. The normalized spacial score (nSPS) is 17.5. The van der Waals surface area contributed by atoms with Crippen LogP contribution in [-0.4, -0.2) is 6.61 Å². The van der Waals surface area contributed by atoms with Gasteiger partial charge in [-0.1, -0.05) is 57.8 Å². The second-order valence-corrected chi connectivity index (χ2v) is 7.13. The number of ether oxygens (including phenoxy) is 1. The van der Waals surface area contributed by atoms with Crippen LogP contribution in [0.25, 0.3) is 5.57 Å². The summed E-state index contributed by atoms with van der Waals surface area (Å²) < 4.78 is 34.3. The van der Waals surface area contributed by atoms with Gasteiger partial charge in [-0.25, -0.2) is 4.39 Å². The molecule has 1 nitrogen and oxygen atoms in total. The zero-order valence-electron chi connectivity index (χ0n) is 16.2. The Morgan fingerprint density at radius 1 is 1.08 bits per heavy atom. The lowest BCUT2D eigenvalue weighted by molar-refractivity contribution is 0.285. The fourth-order valence-corrected chi connectivity index (χ4v) is 3.33. The zero-order valence-corrected chi connectivity index (χ0v) is 16.2. The van der Waals surface area contributed by atoms with Gasteiger partial charge in [0.05, 0.1) is 6.61 Å². The van der Waals surface area contributed by atoms with Gasteiger partial charge in [-0.05, 0) is 55.7 Å². The van der Waals surface area contributed by atoms with Crippen molar-refractivity contribution in [1.82, 2.24) is 0 Å². The first kappa shape index (κ1) is 20.7. The number of unbranched alkanes of at least 4 members (excludes halogenated alkanes) is 4. The van der Waals surface area contributed by atoms with E-state index >= 15 is 0 Å². The largest absolute Gasteiger partial charge is 0.490 e. The molecule has 0 bridgehead atoms. The van der Waals surface area contributed by atoms with Gasteiger partial charge in [0, 0.05) is 5.56 Å². The van der Waals surface area contributed by atoms with Crippen molar-refractivity contribution in [3.63, 3.8) is 0 Å². The summed E-state index contributed by atoms with van der Waals surface area (Å²) in [5.41, 5.74) is 1.30. The molecule has 26 heavy (non-hydrogen) atoms. The summed E-state index contributed by atoms with van der Waals surface area (Å²) in [6.45, 7) is 4.74. The highest BCUT2D eigenvalue weighted by Crippen LogP contribution is 2.34. The molecule has 0 fully saturated rings. The van der Waals surface area contributed by atoms with E-state index in [1.807, 2.05) is 0 Å². The minimum atomic E-state index is -0.858. The van der Waals surface area contributed by atoms with Gasteiger partial charge in [0.15, 0.2) is 11.6 Å². The van der Waals surface area contributed by atoms with Crippen LogP contribution in [0.15, 0.2) is 30.4 Å². The minimum absolute atomic E-state index is 0.0273. The standard InChI is InChI=1S/C23H32F2O/c1-3-5-7-9-17-26-21-16-15-20(22(24)23(21)25)19-13-11-18(12-14-19)10-8-6-4-2/h8,10,13,15-16,18H,3-7,9,11-12,14,17H2,1-2H3. The summed E-state index contributed by atoms with van der Waals surface area (Å²) in [4.78, 5) is 0. The van der Waals surface area contributed by atoms with E-state index < -0.39 is 11.6 Å². The van der Waals surface area contributed by atoms with Gasteiger partial charge in [0.2, 0.25) is 5.82 Å². The summed E-state index contributed by atoms with van der Waals surface area (Å²) >= 11 is 0. The molecule has 0 N–H and O–H groups in total. The van der Waals surface area contributed by atoms with Gasteiger partial charge in [-0.15, -0.1) is 0 Å². The summed E-state index contributed by atoms with van der Waals surface area (Å²) in [5.74, 6) is -1.09. The van der Waals surface area contributed by atoms with E-state index in [1.54, 1.807) is 12.1 Å². The third kappa shape index (κ3) is 5.96. The smallest absolute Gasteiger partial charge is 0.201 e. The molecule has 1 aliphatic rings. The summed E-state index contributed by atoms with van der Waals surface area (Å²) in [7, 11) is 0. The lowest BCUT2D eigenvalue weighted by Crippen LogP contribution is -2.06. The van der Waals surface area contributed by atoms with Crippen LogP contribution in [0.5, 0.6) is 5.75 Å². The molecule has 1 aliphatic carbocycles. The fourth-order valence-electron chi connectivity index (χ4n) is 3.33. The number of halogens is 2. The van der Waals surface area contributed by atoms with Crippen LogP contribution in [0.2, 0.25) is 0 Å². The first-order chi connectivity index (χ1) is 12.7. The third-order valence-electron chi connectivity index (χ3n) is 4.96. The highest BCUT2D eigenvalue weighted by atomic mass is 19.2. The Labute approximate surface area is 157 Å². The van der Waals surface area contributed by atoms with Crippen molar-refractivity contribution in [2.45, 2.75) is 71.6 Å². The second-order valence-electron chi connectivity index (χ2n) is 7.13. The Bertz CT molecular complexity index is 619. The number of rotatable bonds is 10. The molecule has 3 heteroatoms. The van der Waals surface area contributed by atoms with Crippen molar-refractivity contribution in [2.75, 3.05) is 6.61 Å². The Kier molecular flexibility index (Phi) is 8.87. The van der Waals surface area contributed by atoms with Crippen LogP contribution in [0.1, 0.15) is 77.2 Å². The lowest BCUT2D eigenvalue weighted by atomic mass is 9.86. The molecule has 0 radical (unpaired) electrons. The summed E-state index contributed by atoms with van der Waals surface area (Å²) in [6, 6.07) is 3.24. The Morgan fingerprint density at radius 2 is 1.92 bits per heavy atom. The predicted octanol–water partition coefficient (Wildman–Crippen LogP) is 7.46. The van der Waals surface area contributed by atoms with Gasteiger partial charge >= 0.3 is 0 Å². The van der Waals surface area contributed by atoms with Gasteiger partial charge in [-0.2, -0.15) is 4.39 Å². The van der Waals surface area contributed by atoms with E-state index in [9.17, 15) is 8.78 Å². The van der Waals surface area contributed by atoms with Crippen molar-refractivity contribution >= 4 is 5.57 Å². The van der Waals surface area contributed by atoms with Crippen molar-refractivity contribution in [2.24, 2.45) is 5.92 Å². The van der Waals surface area contributed by atoms with Gasteiger partial charge in [-0.3, -0.25) is 0 Å². The van der Waals surface area contributed by atoms with Crippen LogP contribution in [0.4, 0.5) is 8.78 Å². The molecule has 0 heterocycles. The molecule has 0 amide bonds. The molecular formula is C23H32F2O. The summed E-state index contributed by atoms with van der Waals surface area (Å²) in [5, 5.41) is 0. The van der Waals surface area contributed by atoms with E-state index in [2.05, 4.69) is 32.1 Å².